The van der Waals surface area contributed by atoms with Crippen LogP contribution in [0.2, 0.25) is 0 Å². The van der Waals surface area contributed by atoms with Crippen LogP contribution in [-0.4, -0.2) is 69.7 Å². The number of nitrogens with zero attached hydrogens (tertiary/aromatic N) is 2. The summed E-state index contributed by atoms with van der Waals surface area (Å²) in [6.45, 7) is 8.34. The molecule has 2 aliphatic heterocycles. The van der Waals surface area contributed by atoms with Crippen molar-refractivity contribution in [2.75, 3.05) is 46.2 Å². The summed E-state index contributed by atoms with van der Waals surface area (Å²) in [4.78, 5) is 7.01. The van der Waals surface area contributed by atoms with Crippen molar-refractivity contribution in [3.8, 4) is 17.2 Å². The highest BCUT2D eigenvalue weighted by Crippen LogP contribution is 2.39. The molecule has 0 radical (unpaired) electrons. The lowest BCUT2D eigenvalue weighted by atomic mass is 10.0. The lowest BCUT2D eigenvalue weighted by molar-refractivity contribution is -0.0505. The molecule has 0 aromatic heterocycles. The maximum absolute atomic E-state index is 12.9. The van der Waals surface area contributed by atoms with Gasteiger partial charge in [-0.25, -0.2) is 4.99 Å². The number of hydrogen-bond donors (Lipinski definition) is 2. The third kappa shape index (κ3) is 6.57. The van der Waals surface area contributed by atoms with Crippen LogP contribution in [-0.2, 0) is 11.3 Å². The molecule has 0 spiro atoms. The summed E-state index contributed by atoms with van der Waals surface area (Å²) in [5.41, 5.74) is 0.496. The van der Waals surface area contributed by atoms with Crippen molar-refractivity contribution in [3.05, 3.63) is 17.7 Å². The molecular formula is C21H32F2N4O4. The topological polar surface area (TPSA) is 76.6 Å². The summed E-state index contributed by atoms with van der Waals surface area (Å²) < 4.78 is 46.5. The van der Waals surface area contributed by atoms with Crippen molar-refractivity contribution in [2.45, 2.75) is 40.0 Å². The predicted molar refractivity (Wildman–Crippen MR) is 113 cm³/mol. The summed E-state index contributed by atoms with van der Waals surface area (Å²) in [6, 6.07) is 3.39. The maximum atomic E-state index is 12.9. The Bertz CT molecular complexity index is 742. The molecule has 1 saturated heterocycles. The Morgan fingerprint density at radius 1 is 1.16 bits per heavy atom. The number of aliphatic imine (C=N–C) groups is 1. The number of halogens is 2. The fourth-order valence-corrected chi connectivity index (χ4v) is 3.70. The zero-order valence-electron chi connectivity index (χ0n) is 18.3. The van der Waals surface area contributed by atoms with Gasteiger partial charge in [0.05, 0.1) is 19.8 Å². The summed E-state index contributed by atoms with van der Waals surface area (Å²) in [5.74, 6) is 1.98. The highest BCUT2D eigenvalue weighted by atomic mass is 19.3. The molecule has 2 aliphatic rings. The molecule has 0 saturated carbocycles. The van der Waals surface area contributed by atoms with Gasteiger partial charge in [0.15, 0.2) is 17.5 Å². The summed E-state index contributed by atoms with van der Waals surface area (Å²) in [6.07, 6.45) is 0. The van der Waals surface area contributed by atoms with Gasteiger partial charge in [0.25, 0.3) is 0 Å². The minimum absolute atomic E-state index is 0.0345. The van der Waals surface area contributed by atoms with Gasteiger partial charge in [0.1, 0.15) is 5.75 Å². The van der Waals surface area contributed by atoms with E-state index >= 15 is 0 Å². The van der Waals surface area contributed by atoms with E-state index in [4.69, 9.17) is 14.2 Å². The van der Waals surface area contributed by atoms with Gasteiger partial charge in [-0.3, -0.25) is 4.90 Å². The standard InChI is InChI=1S/C21H32F2N4O4/c1-4-24-21(26-12-16(14(2)3)27-5-7-28-8-6-27)25-11-15-9-18-19(30-13-29-18)10-17(15)31-20(22)23/h9-10,14,16,20H,4-8,11-13H2,1-3H3,(H2,24,25,26). The second kappa shape index (κ2) is 11.3. The van der Waals surface area contributed by atoms with Gasteiger partial charge in [-0.05, 0) is 18.9 Å². The van der Waals surface area contributed by atoms with Gasteiger partial charge < -0.3 is 29.6 Å². The van der Waals surface area contributed by atoms with Crippen molar-refractivity contribution < 1.29 is 27.7 Å². The van der Waals surface area contributed by atoms with Crippen LogP contribution in [0.1, 0.15) is 26.3 Å². The molecular weight excluding hydrogens is 410 g/mol. The second-order valence-electron chi connectivity index (χ2n) is 7.73. The van der Waals surface area contributed by atoms with E-state index in [9.17, 15) is 8.78 Å². The maximum Gasteiger partial charge on any atom is 0.387 e. The average Bonchev–Trinajstić information content (AvgIpc) is 3.19. The first kappa shape index (κ1) is 23.3. The molecule has 8 nitrogen and oxygen atoms in total. The Labute approximate surface area is 181 Å². The highest BCUT2D eigenvalue weighted by molar-refractivity contribution is 5.79. The molecule has 2 heterocycles. The number of morpholine rings is 1. The lowest BCUT2D eigenvalue weighted by Crippen LogP contribution is -2.52. The Morgan fingerprint density at radius 2 is 1.87 bits per heavy atom. The largest absolute Gasteiger partial charge is 0.454 e. The van der Waals surface area contributed by atoms with Crippen LogP contribution in [0.5, 0.6) is 17.2 Å². The number of ether oxygens (including phenoxy) is 4. The Kier molecular flexibility index (Phi) is 8.53. The van der Waals surface area contributed by atoms with Gasteiger partial charge >= 0.3 is 6.61 Å². The second-order valence-corrected chi connectivity index (χ2v) is 7.73. The van der Waals surface area contributed by atoms with Crippen LogP contribution in [0.4, 0.5) is 8.78 Å². The van der Waals surface area contributed by atoms with Crippen molar-refractivity contribution in [3.63, 3.8) is 0 Å². The van der Waals surface area contributed by atoms with Gasteiger partial charge in [0.2, 0.25) is 6.79 Å². The predicted octanol–water partition coefficient (Wildman–Crippen LogP) is 2.43. The minimum Gasteiger partial charge on any atom is -0.454 e. The number of fused-ring (bicyclic) bond motifs is 1. The van der Waals surface area contributed by atoms with E-state index in [0.29, 0.717) is 48.1 Å². The molecule has 0 bridgehead atoms. The van der Waals surface area contributed by atoms with Gasteiger partial charge in [-0.1, -0.05) is 13.8 Å². The minimum atomic E-state index is -2.94. The van der Waals surface area contributed by atoms with E-state index in [1.54, 1.807) is 6.07 Å². The third-order valence-electron chi connectivity index (χ3n) is 5.29. The van der Waals surface area contributed by atoms with Crippen LogP contribution in [0, 0.1) is 5.92 Å². The molecule has 3 rings (SSSR count). The first-order valence-corrected chi connectivity index (χ1v) is 10.7. The number of rotatable bonds is 9. The molecule has 2 N–H and O–H groups in total. The third-order valence-corrected chi connectivity index (χ3v) is 5.29. The van der Waals surface area contributed by atoms with Gasteiger partial charge in [0, 0.05) is 43.9 Å². The number of alkyl halides is 2. The molecule has 10 heteroatoms. The molecule has 31 heavy (non-hydrogen) atoms. The first-order chi connectivity index (χ1) is 15.0. The summed E-state index contributed by atoms with van der Waals surface area (Å²) in [5, 5.41) is 6.61. The van der Waals surface area contributed by atoms with Crippen LogP contribution >= 0.6 is 0 Å². The SMILES string of the molecule is CCNC(=NCc1cc2c(cc1OC(F)F)OCO2)NCC(C(C)C)N1CCOCC1. The average molecular weight is 443 g/mol. The summed E-state index contributed by atoms with van der Waals surface area (Å²) in [7, 11) is 0. The Hall–Kier alpha value is -2.33. The van der Waals surface area contributed by atoms with E-state index in [-0.39, 0.29) is 19.1 Å². The van der Waals surface area contributed by atoms with Crippen molar-refractivity contribution >= 4 is 5.96 Å². The number of guanidine groups is 1. The fraction of sp³-hybridized carbons (Fsp3) is 0.667. The number of hydrogen-bond acceptors (Lipinski definition) is 6. The van der Waals surface area contributed by atoms with Crippen molar-refractivity contribution in [1.82, 2.24) is 15.5 Å². The smallest absolute Gasteiger partial charge is 0.387 e. The van der Waals surface area contributed by atoms with Gasteiger partial charge in [-0.2, -0.15) is 8.78 Å². The van der Waals surface area contributed by atoms with E-state index in [1.807, 2.05) is 6.92 Å². The Balaban J connectivity index is 1.70. The van der Waals surface area contributed by atoms with Crippen LogP contribution in [0.25, 0.3) is 0 Å². The fourth-order valence-electron chi connectivity index (χ4n) is 3.70. The molecule has 1 fully saturated rings. The molecule has 174 valence electrons. The van der Waals surface area contributed by atoms with E-state index in [2.05, 4.69) is 39.1 Å². The molecule has 1 atom stereocenters. The first-order valence-electron chi connectivity index (χ1n) is 10.7. The quantitative estimate of drug-likeness (QED) is 0.449. The highest BCUT2D eigenvalue weighted by Gasteiger charge is 2.24. The number of nitrogens with one attached hydrogen (secondary N) is 2. The van der Waals surface area contributed by atoms with E-state index in [1.165, 1.54) is 6.07 Å². The van der Waals surface area contributed by atoms with Gasteiger partial charge in [-0.15, -0.1) is 0 Å². The van der Waals surface area contributed by atoms with E-state index < -0.39 is 6.61 Å². The number of benzene rings is 1. The van der Waals surface area contributed by atoms with Crippen LogP contribution < -0.4 is 24.8 Å². The zero-order chi connectivity index (χ0) is 22.2. The van der Waals surface area contributed by atoms with Crippen LogP contribution in [0.15, 0.2) is 17.1 Å². The molecule has 1 aromatic rings. The molecule has 0 amide bonds. The molecule has 1 unspecified atom stereocenters. The van der Waals surface area contributed by atoms with Crippen molar-refractivity contribution in [2.24, 2.45) is 10.9 Å². The monoisotopic (exact) mass is 442 g/mol. The molecule has 1 aromatic carbocycles. The summed E-state index contributed by atoms with van der Waals surface area (Å²) >= 11 is 0. The van der Waals surface area contributed by atoms with E-state index in [0.717, 1.165) is 26.3 Å². The van der Waals surface area contributed by atoms with Crippen molar-refractivity contribution in [1.29, 1.82) is 0 Å². The Morgan fingerprint density at radius 3 is 2.52 bits per heavy atom. The normalized spacial score (nSPS) is 17.8. The lowest BCUT2D eigenvalue weighted by Gasteiger charge is -2.37. The molecule has 0 aliphatic carbocycles. The van der Waals surface area contributed by atoms with Crippen LogP contribution in [0.3, 0.4) is 0 Å². The zero-order valence-corrected chi connectivity index (χ0v) is 18.3.